The monoisotopic (exact) mass is 392 g/mol. The summed E-state index contributed by atoms with van der Waals surface area (Å²) in [5.74, 6) is 0.959. The summed E-state index contributed by atoms with van der Waals surface area (Å²) < 4.78 is 1.97. The highest BCUT2D eigenvalue weighted by molar-refractivity contribution is 7.99. The Hall–Kier alpha value is -1.89. The van der Waals surface area contributed by atoms with Crippen molar-refractivity contribution in [3.05, 3.63) is 58.3 Å². The molecule has 2 aromatic heterocycles. The van der Waals surface area contributed by atoms with Crippen LogP contribution in [0.5, 0.6) is 0 Å². The van der Waals surface area contributed by atoms with E-state index in [-0.39, 0.29) is 11.5 Å². The molecule has 128 valence electrons. The molecule has 0 aliphatic rings. The Morgan fingerprint density at radius 1 is 1.12 bits per heavy atom. The van der Waals surface area contributed by atoms with Crippen LogP contribution < -0.4 is 0 Å². The highest BCUT2D eigenvalue weighted by atomic mass is 35.5. The molecule has 3 rings (SSSR count). The van der Waals surface area contributed by atoms with Crippen molar-refractivity contribution in [1.82, 2.24) is 19.7 Å². The predicted octanol–water partition coefficient (Wildman–Crippen LogP) is 4.64. The molecule has 0 fully saturated rings. The highest BCUT2D eigenvalue weighted by Crippen LogP contribution is 2.26. The number of nitrogens with zero attached hydrogens (tertiary/aromatic N) is 4. The van der Waals surface area contributed by atoms with E-state index in [9.17, 15) is 4.79 Å². The van der Waals surface area contributed by atoms with Gasteiger partial charge in [0.15, 0.2) is 16.8 Å². The third-order valence-electron chi connectivity index (χ3n) is 3.55. The first-order valence-corrected chi connectivity index (χ1v) is 9.29. The number of benzene rings is 1. The number of hydrogen-bond acceptors (Lipinski definition) is 5. The third kappa shape index (κ3) is 4.03. The van der Waals surface area contributed by atoms with Crippen LogP contribution in [0.1, 0.15) is 17.3 Å². The number of pyridine rings is 1. The van der Waals surface area contributed by atoms with E-state index in [1.54, 1.807) is 30.6 Å². The van der Waals surface area contributed by atoms with Gasteiger partial charge in [-0.05, 0) is 37.3 Å². The lowest BCUT2D eigenvalue weighted by Gasteiger charge is -2.07. The zero-order chi connectivity index (χ0) is 17.8. The van der Waals surface area contributed by atoms with E-state index in [2.05, 4.69) is 15.2 Å². The molecular weight excluding hydrogens is 379 g/mol. The number of halogens is 2. The molecule has 8 heteroatoms. The summed E-state index contributed by atoms with van der Waals surface area (Å²) in [5.41, 5.74) is 1.46. The van der Waals surface area contributed by atoms with Crippen LogP contribution in [0.2, 0.25) is 10.0 Å². The van der Waals surface area contributed by atoms with Crippen molar-refractivity contribution in [2.24, 2.45) is 0 Å². The second-order valence-corrected chi connectivity index (χ2v) is 6.88. The van der Waals surface area contributed by atoms with Gasteiger partial charge in [0.25, 0.3) is 0 Å². The van der Waals surface area contributed by atoms with Crippen LogP contribution in [-0.2, 0) is 6.54 Å². The standard InChI is InChI=1S/C17H14Cl2N4OS/c1-2-23-16(11-5-7-20-8-6-11)21-22-17(23)25-10-15(24)12-3-4-13(18)14(19)9-12/h3-9H,2,10H2,1H3. The minimum absolute atomic E-state index is 0.0420. The first-order chi connectivity index (χ1) is 12.1. The van der Waals surface area contributed by atoms with Gasteiger partial charge >= 0.3 is 0 Å². The molecular formula is C17H14Cl2N4OS. The van der Waals surface area contributed by atoms with Crippen molar-refractivity contribution in [3.63, 3.8) is 0 Å². The lowest BCUT2D eigenvalue weighted by Crippen LogP contribution is -2.05. The molecule has 0 spiro atoms. The molecule has 3 aromatic rings. The van der Waals surface area contributed by atoms with Gasteiger partial charge < -0.3 is 4.57 Å². The van der Waals surface area contributed by atoms with Crippen LogP contribution in [0, 0.1) is 0 Å². The molecule has 2 heterocycles. The molecule has 0 saturated carbocycles. The molecule has 25 heavy (non-hydrogen) atoms. The fraction of sp³-hybridized carbons (Fsp3) is 0.176. The van der Waals surface area contributed by atoms with Crippen molar-refractivity contribution in [2.45, 2.75) is 18.6 Å². The fourth-order valence-electron chi connectivity index (χ4n) is 2.28. The highest BCUT2D eigenvalue weighted by Gasteiger charge is 2.15. The van der Waals surface area contributed by atoms with E-state index in [0.717, 1.165) is 11.4 Å². The van der Waals surface area contributed by atoms with Crippen molar-refractivity contribution < 1.29 is 4.79 Å². The molecule has 0 saturated heterocycles. The first-order valence-electron chi connectivity index (χ1n) is 7.54. The summed E-state index contributed by atoms with van der Waals surface area (Å²) in [6.07, 6.45) is 3.43. The Balaban J connectivity index is 1.76. The fourth-order valence-corrected chi connectivity index (χ4v) is 3.47. The van der Waals surface area contributed by atoms with Gasteiger partial charge in [-0.3, -0.25) is 9.78 Å². The topological polar surface area (TPSA) is 60.7 Å². The average molecular weight is 393 g/mol. The normalized spacial score (nSPS) is 10.8. The smallest absolute Gasteiger partial charge is 0.191 e. The van der Waals surface area contributed by atoms with Crippen LogP contribution in [0.4, 0.5) is 0 Å². The van der Waals surface area contributed by atoms with Crippen molar-refractivity contribution in [1.29, 1.82) is 0 Å². The summed E-state index contributed by atoms with van der Waals surface area (Å²) in [7, 11) is 0. The molecule has 1 aromatic carbocycles. The van der Waals surface area contributed by atoms with E-state index in [1.807, 2.05) is 23.6 Å². The number of Topliss-reactive ketones (excluding diaryl/α,β-unsaturated/α-hetero) is 1. The number of thioether (sulfide) groups is 1. The largest absolute Gasteiger partial charge is 0.302 e. The van der Waals surface area contributed by atoms with Crippen LogP contribution in [0.25, 0.3) is 11.4 Å². The average Bonchev–Trinajstić information content (AvgIpc) is 3.05. The van der Waals surface area contributed by atoms with Crippen LogP contribution >= 0.6 is 35.0 Å². The second kappa shape index (κ2) is 7.99. The Morgan fingerprint density at radius 3 is 2.56 bits per heavy atom. The first kappa shape index (κ1) is 17.9. The predicted molar refractivity (Wildman–Crippen MR) is 100 cm³/mol. The molecule has 0 unspecified atom stereocenters. The summed E-state index contributed by atoms with van der Waals surface area (Å²) in [6, 6.07) is 8.64. The van der Waals surface area contributed by atoms with Gasteiger partial charge in [0.1, 0.15) is 0 Å². The van der Waals surface area contributed by atoms with Gasteiger partial charge in [-0.2, -0.15) is 0 Å². The summed E-state index contributed by atoms with van der Waals surface area (Å²) in [6.45, 7) is 2.72. The summed E-state index contributed by atoms with van der Waals surface area (Å²) in [5, 5.41) is 9.96. The van der Waals surface area contributed by atoms with Gasteiger partial charge in [0.2, 0.25) is 0 Å². The number of ketones is 1. The quantitative estimate of drug-likeness (QED) is 0.451. The summed E-state index contributed by atoms with van der Waals surface area (Å²) in [4.78, 5) is 16.4. The Bertz CT molecular complexity index is 899. The maximum Gasteiger partial charge on any atom is 0.191 e. The number of hydrogen-bond donors (Lipinski definition) is 0. The van der Waals surface area contributed by atoms with Crippen molar-refractivity contribution in [2.75, 3.05) is 5.75 Å². The van der Waals surface area contributed by atoms with Crippen LogP contribution in [0.15, 0.2) is 47.9 Å². The zero-order valence-corrected chi connectivity index (χ0v) is 15.6. The van der Waals surface area contributed by atoms with E-state index < -0.39 is 0 Å². The SMILES string of the molecule is CCn1c(SCC(=O)c2ccc(Cl)c(Cl)c2)nnc1-c1ccncc1. The molecule has 5 nitrogen and oxygen atoms in total. The molecule has 0 aliphatic heterocycles. The third-order valence-corrected chi connectivity index (χ3v) is 5.25. The molecule has 0 radical (unpaired) electrons. The Kier molecular flexibility index (Phi) is 5.73. The van der Waals surface area contributed by atoms with Gasteiger partial charge in [-0.15, -0.1) is 10.2 Å². The minimum atomic E-state index is -0.0420. The maximum absolute atomic E-state index is 12.4. The van der Waals surface area contributed by atoms with Crippen molar-refractivity contribution in [3.8, 4) is 11.4 Å². The van der Waals surface area contributed by atoms with E-state index in [1.165, 1.54) is 11.8 Å². The van der Waals surface area contributed by atoms with E-state index in [4.69, 9.17) is 23.2 Å². The molecule has 0 atom stereocenters. The maximum atomic E-state index is 12.4. The van der Waals surface area contributed by atoms with Crippen LogP contribution in [-0.4, -0.2) is 31.3 Å². The Morgan fingerprint density at radius 2 is 1.88 bits per heavy atom. The molecule has 0 amide bonds. The van der Waals surface area contributed by atoms with Gasteiger partial charge in [-0.1, -0.05) is 35.0 Å². The zero-order valence-electron chi connectivity index (χ0n) is 13.3. The number of aromatic nitrogens is 4. The van der Waals surface area contributed by atoms with Crippen molar-refractivity contribution >= 4 is 40.7 Å². The number of carbonyl (C=O) groups excluding carboxylic acids is 1. The minimum Gasteiger partial charge on any atom is -0.302 e. The van der Waals surface area contributed by atoms with Crippen LogP contribution in [0.3, 0.4) is 0 Å². The summed E-state index contributed by atoms with van der Waals surface area (Å²) >= 11 is 13.2. The van der Waals surface area contributed by atoms with E-state index in [0.29, 0.717) is 27.3 Å². The van der Waals surface area contributed by atoms with Gasteiger partial charge in [0, 0.05) is 30.1 Å². The lowest BCUT2D eigenvalue weighted by molar-refractivity contribution is 0.102. The lowest BCUT2D eigenvalue weighted by atomic mass is 10.1. The molecule has 0 aliphatic carbocycles. The van der Waals surface area contributed by atoms with Gasteiger partial charge in [-0.25, -0.2) is 0 Å². The Labute approximate surface area is 159 Å². The number of carbonyl (C=O) groups is 1. The molecule has 0 bridgehead atoms. The van der Waals surface area contributed by atoms with Gasteiger partial charge in [0.05, 0.1) is 15.8 Å². The second-order valence-electron chi connectivity index (χ2n) is 5.13. The number of rotatable bonds is 6. The van der Waals surface area contributed by atoms with E-state index >= 15 is 0 Å². The molecule has 0 N–H and O–H groups in total.